The fourth-order valence-corrected chi connectivity index (χ4v) is 2.16. The zero-order valence-corrected chi connectivity index (χ0v) is 14.6. The molecule has 122 valence electrons. The molecule has 1 aromatic carbocycles. The lowest BCUT2D eigenvalue weighted by Gasteiger charge is -2.19. The molecule has 0 amide bonds. The van der Waals surface area contributed by atoms with Crippen molar-refractivity contribution in [3.8, 4) is 0 Å². The molecular weight excluding hydrogens is 270 g/mol. The van der Waals surface area contributed by atoms with Crippen molar-refractivity contribution in [3.63, 3.8) is 0 Å². The highest BCUT2D eigenvalue weighted by molar-refractivity contribution is 6.12. The Morgan fingerprint density at radius 2 is 1.91 bits per heavy atom. The van der Waals surface area contributed by atoms with E-state index in [0.29, 0.717) is 6.04 Å². The lowest BCUT2D eigenvalue weighted by Crippen LogP contribution is -2.33. The molecule has 0 aliphatic carbocycles. The summed E-state index contributed by atoms with van der Waals surface area (Å²) in [6.45, 7) is 11.5. The minimum Gasteiger partial charge on any atom is -0.296 e. The largest absolute Gasteiger partial charge is 0.296 e. The van der Waals surface area contributed by atoms with Gasteiger partial charge >= 0.3 is 0 Å². The molecule has 0 unspecified atom stereocenters. The monoisotopic (exact) mass is 301 g/mol. The molecular formula is C19H31N3. The quantitative estimate of drug-likeness (QED) is 0.300. The topological polar surface area (TPSA) is 27.6 Å². The number of nitrogens with zero attached hydrogens (tertiary/aromatic N) is 2. The van der Waals surface area contributed by atoms with Crippen LogP contribution in [0.2, 0.25) is 0 Å². The van der Waals surface area contributed by atoms with Gasteiger partial charge in [0.05, 0.1) is 12.4 Å². The maximum Gasteiger partial charge on any atom is 0.0930 e. The third-order valence-corrected chi connectivity index (χ3v) is 3.46. The summed E-state index contributed by atoms with van der Waals surface area (Å²) in [5.74, 6) is 0. The summed E-state index contributed by atoms with van der Waals surface area (Å²) in [4.78, 5) is 0. The molecule has 3 heteroatoms. The molecule has 0 aromatic heterocycles. The van der Waals surface area contributed by atoms with E-state index in [1.807, 2.05) is 18.1 Å². The minimum atomic E-state index is 0.450. The van der Waals surface area contributed by atoms with E-state index in [1.165, 1.54) is 19.3 Å². The molecule has 0 fully saturated rings. The van der Waals surface area contributed by atoms with E-state index in [0.717, 1.165) is 29.9 Å². The van der Waals surface area contributed by atoms with E-state index >= 15 is 0 Å². The fourth-order valence-electron chi connectivity index (χ4n) is 2.16. The summed E-state index contributed by atoms with van der Waals surface area (Å²) in [6, 6.07) is 10.8. The molecule has 0 atom stereocenters. The molecule has 0 radical (unpaired) electrons. The van der Waals surface area contributed by atoms with Crippen LogP contribution >= 0.6 is 0 Å². The Morgan fingerprint density at radius 1 is 1.23 bits per heavy atom. The van der Waals surface area contributed by atoms with E-state index in [9.17, 15) is 0 Å². The van der Waals surface area contributed by atoms with Crippen LogP contribution in [0, 0.1) is 0 Å². The van der Waals surface area contributed by atoms with Crippen molar-refractivity contribution in [1.82, 2.24) is 10.3 Å². The smallest absolute Gasteiger partial charge is 0.0930 e. The Hall–Kier alpha value is -1.61. The van der Waals surface area contributed by atoms with Crippen LogP contribution in [-0.2, 0) is 0 Å². The Balaban J connectivity index is 2.84. The van der Waals surface area contributed by atoms with Gasteiger partial charge in [0, 0.05) is 18.7 Å². The second-order valence-electron chi connectivity index (χ2n) is 6.05. The number of unbranched alkanes of at least 4 members (excludes halogenated alkanes) is 2. The van der Waals surface area contributed by atoms with Gasteiger partial charge in [-0.25, -0.2) is 0 Å². The highest BCUT2D eigenvalue weighted by Crippen LogP contribution is 2.15. The van der Waals surface area contributed by atoms with Crippen molar-refractivity contribution in [2.45, 2.75) is 52.5 Å². The van der Waals surface area contributed by atoms with Gasteiger partial charge in [0.1, 0.15) is 0 Å². The van der Waals surface area contributed by atoms with Crippen molar-refractivity contribution in [2.24, 2.45) is 5.10 Å². The number of hydrogen-bond acceptors (Lipinski definition) is 3. The van der Waals surface area contributed by atoms with Crippen LogP contribution in [0.5, 0.6) is 0 Å². The molecule has 1 N–H and O–H groups in total. The molecule has 0 saturated carbocycles. The standard InChI is InChI=1S/C19H31N3/c1-6-7-9-12-17(4)19(18-13-10-8-11-14-18)21-22(5)15-20-16(2)3/h8,10-11,13-14,16,20H,4,6-7,9,12,15H2,1-3,5H3/b21-19+. The summed E-state index contributed by atoms with van der Waals surface area (Å²) in [5, 5.41) is 10.1. The highest BCUT2D eigenvalue weighted by atomic mass is 15.5. The molecule has 0 aliphatic heterocycles. The van der Waals surface area contributed by atoms with Gasteiger partial charge in [0.2, 0.25) is 0 Å². The van der Waals surface area contributed by atoms with E-state index in [2.05, 4.69) is 56.9 Å². The van der Waals surface area contributed by atoms with Crippen LogP contribution in [0.1, 0.15) is 52.0 Å². The average molecular weight is 301 g/mol. The maximum atomic E-state index is 4.79. The van der Waals surface area contributed by atoms with Crippen molar-refractivity contribution in [3.05, 3.63) is 48.0 Å². The molecule has 0 saturated heterocycles. The van der Waals surface area contributed by atoms with Crippen molar-refractivity contribution in [1.29, 1.82) is 0 Å². The Morgan fingerprint density at radius 3 is 2.50 bits per heavy atom. The number of rotatable bonds is 10. The molecule has 0 aliphatic rings. The van der Waals surface area contributed by atoms with E-state index < -0.39 is 0 Å². The highest BCUT2D eigenvalue weighted by Gasteiger charge is 2.09. The Labute approximate surface area is 136 Å². The fraction of sp³-hybridized carbons (Fsp3) is 0.526. The predicted octanol–water partition coefficient (Wildman–Crippen LogP) is 4.41. The lowest BCUT2D eigenvalue weighted by molar-refractivity contribution is 0.309. The van der Waals surface area contributed by atoms with Gasteiger partial charge in [-0.2, -0.15) is 5.10 Å². The first-order chi connectivity index (χ1) is 10.5. The second-order valence-corrected chi connectivity index (χ2v) is 6.05. The molecule has 22 heavy (non-hydrogen) atoms. The third kappa shape index (κ3) is 6.90. The zero-order valence-electron chi connectivity index (χ0n) is 14.6. The van der Waals surface area contributed by atoms with Gasteiger partial charge in [-0.3, -0.25) is 10.3 Å². The summed E-state index contributed by atoms with van der Waals surface area (Å²) in [5.41, 5.74) is 3.27. The normalized spacial score (nSPS) is 11.8. The van der Waals surface area contributed by atoms with Crippen LogP contribution in [0.3, 0.4) is 0 Å². The summed E-state index contributed by atoms with van der Waals surface area (Å²) >= 11 is 0. The molecule has 3 nitrogen and oxygen atoms in total. The number of hydrogen-bond donors (Lipinski definition) is 1. The third-order valence-electron chi connectivity index (χ3n) is 3.46. The number of hydrazone groups is 1. The van der Waals surface area contributed by atoms with E-state index in [4.69, 9.17) is 5.10 Å². The molecule has 0 spiro atoms. The van der Waals surface area contributed by atoms with Gasteiger partial charge < -0.3 is 0 Å². The van der Waals surface area contributed by atoms with Gasteiger partial charge in [0.25, 0.3) is 0 Å². The van der Waals surface area contributed by atoms with Crippen LogP contribution in [-0.4, -0.2) is 30.5 Å². The SMILES string of the molecule is C=C(CCCCC)/C(=N\N(C)CNC(C)C)c1ccccc1. The summed E-state index contributed by atoms with van der Waals surface area (Å²) in [7, 11) is 2.00. The summed E-state index contributed by atoms with van der Waals surface area (Å²) in [6.07, 6.45) is 4.65. The molecule has 1 aromatic rings. The van der Waals surface area contributed by atoms with Gasteiger partial charge in [-0.05, 0) is 32.3 Å². The Bertz CT molecular complexity index is 463. The van der Waals surface area contributed by atoms with E-state index in [-0.39, 0.29) is 0 Å². The first kappa shape index (κ1) is 18.4. The first-order valence-corrected chi connectivity index (χ1v) is 8.31. The number of nitrogens with one attached hydrogen (secondary N) is 1. The summed E-state index contributed by atoms with van der Waals surface area (Å²) < 4.78 is 0. The number of benzene rings is 1. The van der Waals surface area contributed by atoms with Crippen molar-refractivity contribution >= 4 is 5.71 Å². The van der Waals surface area contributed by atoms with Crippen molar-refractivity contribution < 1.29 is 0 Å². The van der Waals surface area contributed by atoms with Crippen molar-refractivity contribution in [2.75, 3.05) is 13.7 Å². The van der Waals surface area contributed by atoms with Gasteiger partial charge in [-0.1, -0.05) is 56.7 Å². The van der Waals surface area contributed by atoms with Gasteiger partial charge in [-0.15, -0.1) is 0 Å². The van der Waals surface area contributed by atoms with Crippen LogP contribution in [0.25, 0.3) is 0 Å². The second kappa shape index (κ2) is 10.2. The lowest BCUT2D eigenvalue weighted by atomic mass is 9.99. The molecule has 0 heterocycles. The Kier molecular flexibility index (Phi) is 8.53. The van der Waals surface area contributed by atoms with Crippen LogP contribution < -0.4 is 5.32 Å². The average Bonchev–Trinajstić information content (AvgIpc) is 2.51. The zero-order chi connectivity index (χ0) is 16.4. The van der Waals surface area contributed by atoms with Crippen LogP contribution in [0.15, 0.2) is 47.6 Å². The van der Waals surface area contributed by atoms with Gasteiger partial charge in [0.15, 0.2) is 0 Å². The number of allylic oxidation sites excluding steroid dienone is 1. The minimum absolute atomic E-state index is 0.450. The first-order valence-electron chi connectivity index (χ1n) is 8.31. The van der Waals surface area contributed by atoms with Crippen LogP contribution in [0.4, 0.5) is 0 Å². The molecule has 0 bridgehead atoms. The molecule has 1 rings (SSSR count). The van der Waals surface area contributed by atoms with E-state index in [1.54, 1.807) is 0 Å². The maximum absolute atomic E-state index is 4.79. The predicted molar refractivity (Wildman–Crippen MR) is 97.2 cm³/mol.